The maximum Gasteiger partial charge on any atom is 0.155 e. The number of thiophene rings is 1. The number of H-pyrrole nitrogens is 2. The SMILES string of the molecule is Cc1cncc(-c2cnc3[nH]nc(-c4cc5c(-c6cccs6)nccc5[nH]4)c3c2)c1. The Bertz CT molecular complexity index is 1510. The van der Waals surface area contributed by atoms with Gasteiger partial charge in [0.25, 0.3) is 0 Å². The van der Waals surface area contributed by atoms with E-state index < -0.39 is 0 Å². The van der Waals surface area contributed by atoms with Crippen molar-refractivity contribution in [2.24, 2.45) is 0 Å². The molecule has 144 valence electrons. The predicted octanol–water partition coefficient (Wildman–Crippen LogP) is 5.60. The fourth-order valence-electron chi connectivity index (χ4n) is 3.77. The molecule has 0 spiro atoms. The van der Waals surface area contributed by atoms with Gasteiger partial charge in [0, 0.05) is 52.2 Å². The van der Waals surface area contributed by atoms with Crippen LogP contribution in [0.3, 0.4) is 0 Å². The summed E-state index contributed by atoms with van der Waals surface area (Å²) < 4.78 is 0. The molecule has 0 aliphatic heterocycles. The van der Waals surface area contributed by atoms with Gasteiger partial charge in [0.15, 0.2) is 5.65 Å². The molecule has 0 aliphatic rings. The summed E-state index contributed by atoms with van der Waals surface area (Å²) in [4.78, 5) is 18.1. The number of hydrogen-bond donors (Lipinski definition) is 2. The highest BCUT2D eigenvalue weighted by atomic mass is 32.1. The zero-order valence-electron chi connectivity index (χ0n) is 16.0. The van der Waals surface area contributed by atoms with Crippen molar-refractivity contribution < 1.29 is 0 Å². The van der Waals surface area contributed by atoms with Gasteiger partial charge in [-0.15, -0.1) is 11.3 Å². The lowest BCUT2D eigenvalue weighted by atomic mass is 10.1. The summed E-state index contributed by atoms with van der Waals surface area (Å²) in [5, 5.41) is 11.7. The average molecular weight is 408 g/mol. The highest BCUT2D eigenvalue weighted by molar-refractivity contribution is 7.13. The van der Waals surface area contributed by atoms with E-state index in [1.807, 2.05) is 43.8 Å². The maximum atomic E-state index is 4.61. The molecule has 0 atom stereocenters. The molecule has 7 heteroatoms. The number of aryl methyl sites for hydroxylation is 1. The number of hydrogen-bond acceptors (Lipinski definition) is 5. The topological polar surface area (TPSA) is 83.1 Å². The third-order valence-electron chi connectivity index (χ3n) is 5.18. The first-order chi connectivity index (χ1) is 14.8. The first kappa shape index (κ1) is 17.1. The zero-order valence-corrected chi connectivity index (χ0v) is 16.9. The smallest absolute Gasteiger partial charge is 0.155 e. The Morgan fingerprint density at radius 1 is 0.900 bits per heavy atom. The molecular weight excluding hydrogens is 392 g/mol. The van der Waals surface area contributed by atoms with Gasteiger partial charge in [-0.1, -0.05) is 6.07 Å². The molecule has 0 bridgehead atoms. The summed E-state index contributed by atoms with van der Waals surface area (Å²) in [7, 11) is 0. The monoisotopic (exact) mass is 408 g/mol. The van der Waals surface area contributed by atoms with Crippen molar-refractivity contribution in [2.75, 3.05) is 0 Å². The Kier molecular flexibility index (Phi) is 3.75. The van der Waals surface area contributed by atoms with E-state index >= 15 is 0 Å². The molecule has 0 saturated heterocycles. The fourth-order valence-corrected chi connectivity index (χ4v) is 4.51. The minimum absolute atomic E-state index is 0.754. The molecule has 30 heavy (non-hydrogen) atoms. The molecule has 0 radical (unpaired) electrons. The van der Waals surface area contributed by atoms with Gasteiger partial charge in [0.05, 0.1) is 16.3 Å². The average Bonchev–Trinajstić information content (AvgIpc) is 3.51. The van der Waals surface area contributed by atoms with Crippen LogP contribution in [0, 0.1) is 6.92 Å². The second-order valence-corrected chi connectivity index (χ2v) is 8.17. The summed E-state index contributed by atoms with van der Waals surface area (Å²) in [6, 6.07) is 12.5. The van der Waals surface area contributed by atoms with Crippen molar-refractivity contribution in [3.63, 3.8) is 0 Å². The van der Waals surface area contributed by atoms with Gasteiger partial charge in [-0.3, -0.25) is 15.1 Å². The number of rotatable bonds is 3. The van der Waals surface area contributed by atoms with Crippen LogP contribution in [0.5, 0.6) is 0 Å². The molecule has 6 aromatic heterocycles. The van der Waals surface area contributed by atoms with Crippen LogP contribution >= 0.6 is 11.3 Å². The molecule has 0 fully saturated rings. The highest BCUT2D eigenvalue weighted by Crippen LogP contribution is 2.34. The molecule has 6 heterocycles. The summed E-state index contributed by atoms with van der Waals surface area (Å²) in [6.07, 6.45) is 7.40. The van der Waals surface area contributed by atoms with Gasteiger partial charge in [-0.25, -0.2) is 4.98 Å². The first-order valence-corrected chi connectivity index (χ1v) is 10.4. The summed E-state index contributed by atoms with van der Waals surface area (Å²) in [5.74, 6) is 0. The van der Waals surface area contributed by atoms with Crippen molar-refractivity contribution in [1.82, 2.24) is 30.1 Å². The Balaban J connectivity index is 1.52. The third kappa shape index (κ3) is 2.71. The van der Waals surface area contributed by atoms with Crippen LogP contribution in [0.2, 0.25) is 0 Å². The molecule has 0 aliphatic carbocycles. The molecule has 0 saturated carbocycles. The summed E-state index contributed by atoms with van der Waals surface area (Å²) in [6.45, 7) is 2.04. The number of aromatic amines is 2. The van der Waals surface area contributed by atoms with Gasteiger partial charge in [0.2, 0.25) is 0 Å². The third-order valence-corrected chi connectivity index (χ3v) is 6.06. The van der Waals surface area contributed by atoms with E-state index in [0.717, 1.165) is 60.6 Å². The van der Waals surface area contributed by atoms with Crippen LogP contribution in [0.4, 0.5) is 0 Å². The number of nitrogens with zero attached hydrogens (tertiary/aromatic N) is 4. The van der Waals surface area contributed by atoms with Crippen molar-refractivity contribution in [2.45, 2.75) is 6.92 Å². The van der Waals surface area contributed by atoms with E-state index in [1.165, 1.54) is 0 Å². The lowest BCUT2D eigenvalue weighted by Gasteiger charge is -2.02. The van der Waals surface area contributed by atoms with Gasteiger partial charge >= 0.3 is 0 Å². The largest absolute Gasteiger partial charge is 0.353 e. The fraction of sp³-hybridized carbons (Fsp3) is 0.0435. The Morgan fingerprint density at radius 2 is 1.83 bits per heavy atom. The van der Waals surface area contributed by atoms with Crippen LogP contribution < -0.4 is 0 Å². The first-order valence-electron chi connectivity index (χ1n) is 9.54. The Hall–Kier alpha value is -3.84. The van der Waals surface area contributed by atoms with E-state index in [2.05, 4.69) is 59.8 Å². The predicted molar refractivity (Wildman–Crippen MR) is 120 cm³/mol. The second-order valence-electron chi connectivity index (χ2n) is 7.22. The molecule has 0 amide bonds. The number of pyridine rings is 3. The maximum absolute atomic E-state index is 4.61. The summed E-state index contributed by atoms with van der Waals surface area (Å²) >= 11 is 1.69. The van der Waals surface area contributed by atoms with Crippen molar-refractivity contribution >= 4 is 33.3 Å². The standard InChI is InChI=1S/C23H16N6S/c1-13-7-14(11-24-10-13)15-8-17-21(28-29-23(17)26-12-15)19-9-16-18(27-19)4-5-25-22(16)20-3-2-6-30-20/h2-12,27H,1H3,(H,26,28,29). The molecule has 6 aromatic rings. The van der Waals surface area contributed by atoms with Crippen molar-refractivity contribution in [1.29, 1.82) is 0 Å². The molecule has 6 rings (SSSR count). The van der Waals surface area contributed by atoms with Crippen molar-refractivity contribution in [3.8, 4) is 33.1 Å². The molecule has 6 nitrogen and oxygen atoms in total. The lowest BCUT2D eigenvalue weighted by molar-refractivity contribution is 1.10. The van der Waals surface area contributed by atoms with Gasteiger partial charge in [-0.2, -0.15) is 5.10 Å². The van der Waals surface area contributed by atoms with Crippen LogP contribution in [-0.2, 0) is 0 Å². The number of nitrogens with one attached hydrogen (secondary N) is 2. The van der Waals surface area contributed by atoms with Crippen LogP contribution in [0.15, 0.2) is 66.6 Å². The van der Waals surface area contributed by atoms with Crippen LogP contribution in [0.25, 0.3) is 55.0 Å². The van der Waals surface area contributed by atoms with Crippen molar-refractivity contribution in [3.05, 3.63) is 72.1 Å². The zero-order chi connectivity index (χ0) is 20.1. The van der Waals surface area contributed by atoms with Gasteiger partial charge < -0.3 is 4.98 Å². The summed E-state index contributed by atoms with van der Waals surface area (Å²) in [5.41, 5.74) is 7.71. The van der Waals surface area contributed by atoms with Gasteiger partial charge in [-0.05, 0) is 48.2 Å². The minimum Gasteiger partial charge on any atom is -0.353 e. The second kappa shape index (κ2) is 6.60. The van der Waals surface area contributed by atoms with E-state index in [0.29, 0.717) is 0 Å². The lowest BCUT2D eigenvalue weighted by Crippen LogP contribution is -1.85. The molecule has 2 N–H and O–H groups in total. The molecule has 0 aromatic carbocycles. The van der Waals surface area contributed by atoms with E-state index in [-0.39, 0.29) is 0 Å². The Morgan fingerprint density at radius 3 is 2.70 bits per heavy atom. The number of aromatic nitrogens is 6. The Labute approximate surface area is 175 Å². The minimum atomic E-state index is 0.754. The molecular formula is C23H16N6S. The van der Waals surface area contributed by atoms with E-state index in [9.17, 15) is 0 Å². The van der Waals surface area contributed by atoms with E-state index in [4.69, 9.17) is 0 Å². The van der Waals surface area contributed by atoms with E-state index in [1.54, 1.807) is 11.3 Å². The van der Waals surface area contributed by atoms with Crippen LogP contribution in [0.1, 0.15) is 5.56 Å². The quantitative estimate of drug-likeness (QED) is 0.399. The normalized spacial score (nSPS) is 11.5. The molecule has 0 unspecified atom stereocenters. The van der Waals surface area contributed by atoms with Crippen LogP contribution in [-0.4, -0.2) is 30.1 Å². The highest BCUT2D eigenvalue weighted by Gasteiger charge is 2.15. The number of fused-ring (bicyclic) bond motifs is 2. The van der Waals surface area contributed by atoms with Gasteiger partial charge in [0.1, 0.15) is 5.69 Å².